The van der Waals surface area contributed by atoms with E-state index in [0.29, 0.717) is 16.9 Å². The summed E-state index contributed by atoms with van der Waals surface area (Å²) in [7, 11) is -3.16. The van der Waals surface area contributed by atoms with Crippen molar-refractivity contribution >= 4 is 10.2 Å². The Kier molecular flexibility index (Phi) is 2.80. The van der Waals surface area contributed by atoms with Crippen molar-refractivity contribution in [1.82, 2.24) is 0 Å². The molecule has 0 aromatic heterocycles. The monoisotopic (exact) mass is 218 g/mol. The standard InChI is InChI=1S/C9H11FO3S/c1-6-7(2)9(14(10,11)12)5-4-8(6)13-3/h4-5H,1-3H3. The molecule has 1 aromatic rings. The van der Waals surface area contributed by atoms with E-state index in [1.807, 2.05) is 0 Å². The van der Waals surface area contributed by atoms with Gasteiger partial charge in [0.25, 0.3) is 0 Å². The Bertz CT molecular complexity index is 451. The molecule has 0 spiro atoms. The fraction of sp³-hybridized carbons (Fsp3) is 0.333. The van der Waals surface area contributed by atoms with Crippen molar-refractivity contribution < 1.29 is 17.0 Å². The third kappa shape index (κ3) is 1.87. The number of benzene rings is 1. The molecule has 0 radical (unpaired) electrons. The van der Waals surface area contributed by atoms with Gasteiger partial charge in [-0.2, -0.15) is 8.42 Å². The van der Waals surface area contributed by atoms with Crippen LogP contribution in [0.4, 0.5) is 3.89 Å². The lowest BCUT2D eigenvalue weighted by Crippen LogP contribution is -1.99. The van der Waals surface area contributed by atoms with Gasteiger partial charge in [-0.25, -0.2) is 0 Å². The normalized spacial score (nSPS) is 11.4. The summed E-state index contributed by atoms with van der Waals surface area (Å²) in [6.07, 6.45) is 0. The third-order valence-corrected chi connectivity index (χ3v) is 3.14. The van der Waals surface area contributed by atoms with Gasteiger partial charge in [0, 0.05) is 0 Å². The molecular formula is C9H11FO3S. The highest BCUT2D eigenvalue weighted by Crippen LogP contribution is 2.27. The first-order valence-electron chi connectivity index (χ1n) is 3.96. The van der Waals surface area contributed by atoms with Gasteiger partial charge in [0.05, 0.1) is 7.11 Å². The number of hydrogen-bond acceptors (Lipinski definition) is 3. The van der Waals surface area contributed by atoms with Crippen LogP contribution < -0.4 is 4.74 Å². The minimum atomic E-state index is -4.64. The highest BCUT2D eigenvalue weighted by atomic mass is 32.3. The summed E-state index contributed by atoms with van der Waals surface area (Å²) in [6, 6.07) is 2.64. The summed E-state index contributed by atoms with van der Waals surface area (Å²) in [5.41, 5.74) is 1.01. The third-order valence-electron chi connectivity index (χ3n) is 2.17. The molecule has 3 nitrogen and oxygen atoms in total. The molecule has 14 heavy (non-hydrogen) atoms. The molecule has 0 heterocycles. The van der Waals surface area contributed by atoms with Crippen LogP contribution in [-0.4, -0.2) is 15.5 Å². The molecule has 0 amide bonds. The molecule has 0 N–H and O–H groups in total. The summed E-state index contributed by atoms with van der Waals surface area (Å²) in [5, 5.41) is 0. The number of methoxy groups -OCH3 is 1. The number of rotatable bonds is 2. The molecule has 0 aliphatic rings. The van der Waals surface area contributed by atoms with Crippen LogP contribution in [0.3, 0.4) is 0 Å². The second-order valence-corrected chi connectivity index (χ2v) is 4.27. The Morgan fingerprint density at radius 3 is 2.21 bits per heavy atom. The van der Waals surface area contributed by atoms with E-state index in [0.717, 1.165) is 0 Å². The molecule has 0 saturated carbocycles. The second-order valence-electron chi connectivity index (χ2n) is 2.95. The summed E-state index contributed by atoms with van der Waals surface area (Å²) in [5.74, 6) is 0.551. The van der Waals surface area contributed by atoms with Crippen molar-refractivity contribution in [3.05, 3.63) is 23.3 Å². The lowest BCUT2D eigenvalue weighted by atomic mass is 10.1. The van der Waals surface area contributed by atoms with Crippen LogP contribution in [0.2, 0.25) is 0 Å². The topological polar surface area (TPSA) is 43.4 Å². The molecule has 0 aliphatic carbocycles. The van der Waals surface area contributed by atoms with Gasteiger partial charge in [-0.1, -0.05) is 0 Å². The van der Waals surface area contributed by atoms with Crippen molar-refractivity contribution in [3.63, 3.8) is 0 Å². The van der Waals surface area contributed by atoms with Crippen LogP contribution >= 0.6 is 0 Å². The largest absolute Gasteiger partial charge is 0.496 e. The Morgan fingerprint density at radius 1 is 1.21 bits per heavy atom. The van der Waals surface area contributed by atoms with E-state index in [4.69, 9.17) is 4.74 Å². The molecule has 0 saturated heterocycles. The van der Waals surface area contributed by atoms with E-state index in [1.54, 1.807) is 13.8 Å². The summed E-state index contributed by atoms with van der Waals surface area (Å²) in [6.45, 7) is 3.23. The van der Waals surface area contributed by atoms with Crippen LogP contribution in [0.5, 0.6) is 5.75 Å². The molecule has 0 bridgehead atoms. The van der Waals surface area contributed by atoms with E-state index in [9.17, 15) is 12.3 Å². The van der Waals surface area contributed by atoms with E-state index in [-0.39, 0.29) is 4.90 Å². The first-order valence-corrected chi connectivity index (χ1v) is 5.35. The number of halogens is 1. The molecule has 0 atom stereocenters. The highest BCUT2D eigenvalue weighted by molar-refractivity contribution is 7.86. The van der Waals surface area contributed by atoms with Gasteiger partial charge in [-0.15, -0.1) is 3.89 Å². The van der Waals surface area contributed by atoms with E-state index < -0.39 is 10.2 Å². The smallest absolute Gasteiger partial charge is 0.332 e. The van der Waals surface area contributed by atoms with E-state index >= 15 is 0 Å². The van der Waals surface area contributed by atoms with E-state index in [2.05, 4.69) is 0 Å². The Morgan fingerprint density at radius 2 is 1.79 bits per heavy atom. The van der Waals surface area contributed by atoms with Crippen LogP contribution in [-0.2, 0) is 10.2 Å². The average molecular weight is 218 g/mol. The number of ether oxygens (including phenoxy) is 1. The zero-order valence-corrected chi connectivity index (χ0v) is 8.98. The molecule has 0 unspecified atom stereocenters. The quantitative estimate of drug-likeness (QED) is 0.713. The summed E-state index contributed by atoms with van der Waals surface area (Å²) < 4.78 is 39.1. The lowest BCUT2D eigenvalue weighted by molar-refractivity contribution is 0.410. The minimum Gasteiger partial charge on any atom is -0.496 e. The summed E-state index contributed by atoms with van der Waals surface area (Å²) >= 11 is 0. The van der Waals surface area contributed by atoms with Crippen LogP contribution in [0.1, 0.15) is 11.1 Å². The fourth-order valence-corrected chi connectivity index (χ4v) is 2.01. The molecule has 0 aliphatic heterocycles. The minimum absolute atomic E-state index is 0.296. The Hall–Kier alpha value is -1.10. The van der Waals surface area contributed by atoms with Gasteiger partial charge in [-0.3, -0.25) is 0 Å². The molecular weight excluding hydrogens is 207 g/mol. The van der Waals surface area contributed by atoms with Gasteiger partial charge in [-0.05, 0) is 37.1 Å². The second kappa shape index (κ2) is 3.57. The zero-order valence-electron chi connectivity index (χ0n) is 8.17. The highest BCUT2D eigenvalue weighted by Gasteiger charge is 2.17. The van der Waals surface area contributed by atoms with Gasteiger partial charge in [0.1, 0.15) is 10.6 Å². The maximum absolute atomic E-state index is 12.7. The van der Waals surface area contributed by atoms with Crippen molar-refractivity contribution in [2.24, 2.45) is 0 Å². The molecule has 1 aromatic carbocycles. The SMILES string of the molecule is COc1ccc(S(=O)(=O)F)c(C)c1C. The first kappa shape index (κ1) is 11.0. The molecule has 78 valence electrons. The Labute approximate surface area is 82.7 Å². The predicted molar refractivity (Wildman–Crippen MR) is 50.8 cm³/mol. The van der Waals surface area contributed by atoms with Gasteiger partial charge in [0.2, 0.25) is 0 Å². The average Bonchev–Trinajstić information content (AvgIpc) is 2.07. The van der Waals surface area contributed by atoms with Gasteiger partial charge in [0.15, 0.2) is 0 Å². The Balaban J connectivity index is 3.47. The van der Waals surface area contributed by atoms with Gasteiger partial charge >= 0.3 is 10.2 Å². The molecule has 1 rings (SSSR count). The van der Waals surface area contributed by atoms with Gasteiger partial charge < -0.3 is 4.74 Å². The lowest BCUT2D eigenvalue weighted by Gasteiger charge is -2.09. The van der Waals surface area contributed by atoms with Crippen molar-refractivity contribution in [1.29, 1.82) is 0 Å². The maximum Gasteiger partial charge on any atom is 0.332 e. The predicted octanol–water partition coefficient (Wildman–Crippen LogP) is 1.97. The van der Waals surface area contributed by atoms with Crippen molar-refractivity contribution in [3.8, 4) is 5.75 Å². The van der Waals surface area contributed by atoms with E-state index in [1.165, 1.54) is 19.2 Å². The van der Waals surface area contributed by atoms with Crippen molar-refractivity contribution in [2.45, 2.75) is 18.7 Å². The fourth-order valence-electron chi connectivity index (χ4n) is 1.26. The maximum atomic E-state index is 12.7. The van der Waals surface area contributed by atoms with Crippen LogP contribution in [0.25, 0.3) is 0 Å². The number of hydrogen-bond donors (Lipinski definition) is 0. The zero-order chi connectivity index (χ0) is 10.9. The first-order chi connectivity index (χ1) is 6.38. The van der Waals surface area contributed by atoms with Crippen LogP contribution in [0, 0.1) is 13.8 Å². The molecule has 5 heteroatoms. The van der Waals surface area contributed by atoms with Crippen LogP contribution in [0.15, 0.2) is 17.0 Å². The molecule has 0 fully saturated rings. The summed E-state index contributed by atoms with van der Waals surface area (Å²) in [4.78, 5) is -0.296. The van der Waals surface area contributed by atoms with Crippen molar-refractivity contribution in [2.75, 3.05) is 7.11 Å².